The smallest absolute Gasteiger partial charge is 0.526 e. The average Bonchev–Trinajstić information content (AvgIpc) is 1.62. The Bertz CT molecular complexity index is 5270. The molecule has 0 bridgehead atoms. The van der Waals surface area contributed by atoms with E-state index in [0.717, 1.165) is 75.6 Å². The van der Waals surface area contributed by atoms with E-state index >= 15 is 0 Å². The molecule has 5 saturated heterocycles. The average molecular weight is 1850 g/mol. The molecule has 13 N–H and O–H groups in total. The summed E-state index contributed by atoms with van der Waals surface area (Å²) in [5.74, 6) is -8.19. The van der Waals surface area contributed by atoms with Crippen LogP contribution in [0.3, 0.4) is 0 Å². The van der Waals surface area contributed by atoms with Crippen LogP contribution in [0, 0.1) is 27.7 Å². The predicted molar refractivity (Wildman–Crippen MR) is 475 cm³/mol. The number of amides is 16. The Morgan fingerprint density at radius 2 is 0.856 bits per heavy atom. The second kappa shape index (κ2) is 43.9. The van der Waals surface area contributed by atoms with Crippen LogP contribution in [0.5, 0.6) is 23.0 Å². The number of Topliss-reactive ketones (excluding diaryl/α,β-unsaturated/α-hetero) is 4. The van der Waals surface area contributed by atoms with Crippen molar-refractivity contribution in [1.82, 2.24) is 69.4 Å². The zero-order chi connectivity index (χ0) is 96.2. The fourth-order valence-corrected chi connectivity index (χ4v) is 17.7. The predicted octanol–water partition coefficient (Wildman–Crippen LogP) is 0.0495. The van der Waals surface area contributed by atoms with Crippen molar-refractivity contribution in [3.8, 4) is 23.0 Å². The molecular weight excluding hydrogens is 1740 g/mol. The number of hydrogen-bond donors (Lipinski definition) is 11. The number of nitrogen functional groups attached to an aromatic ring is 1. The van der Waals surface area contributed by atoms with Crippen LogP contribution in [0.1, 0.15) is 130 Å². The van der Waals surface area contributed by atoms with Gasteiger partial charge in [-0.15, -0.1) is 0 Å². The number of para-hydroxylation sites is 4. The second-order valence-electron chi connectivity index (χ2n) is 33.8. The van der Waals surface area contributed by atoms with E-state index in [9.17, 15) is 107 Å². The number of piperazine rings is 4. The van der Waals surface area contributed by atoms with Gasteiger partial charge in [0.25, 0.3) is 0 Å². The van der Waals surface area contributed by atoms with Gasteiger partial charge in [0, 0.05) is 172 Å². The number of aromatic nitrogens is 2. The minimum absolute atomic E-state index is 0.0108. The zero-order valence-corrected chi connectivity index (χ0v) is 75.7. The van der Waals surface area contributed by atoms with Gasteiger partial charge in [-0.25, -0.2) is 24.2 Å². The molecule has 10 heterocycles. The number of carbonyl (C=O) groups is 16. The Labute approximate surface area is 766 Å². The summed E-state index contributed by atoms with van der Waals surface area (Å²) in [4.78, 5) is 216. The molecule has 4 aromatic carbocycles. The molecular formula is C85H110B4N16O26S. The summed E-state index contributed by atoms with van der Waals surface area (Å²) in [6.45, 7) is 17.7. The number of carbonyl (C=O) groups excluding carboxylic acids is 16. The molecule has 42 nitrogen and oxygen atoms in total. The maximum atomic E-state index is 13.3. The van der Waals surface area contributed by atoms with E-state index in [2.05, 4.69) is 25.3 Å². The van der Waals surface area contributed by atoms with E-state index in [0.29, 0.717) is 74.9 Å². The number of nitrogens with one attached hydrogen (secondary N) is 3. The Kier molecular flexibility index (Phi) is 33.3. The molecule has 0 radical (unpaired) electrons. The molecule has 0 spiro atoms. The third-order valence-corrected chi connectivity index (χ3v) is 25.5. The molecule has 132 heavy (non-hydrogen) atoms. The van der Waals surface area contributed by atoms with Crippen molar-refractivity contribution < 1.29 is 126 Å². The number of likely N-dealkylation sites (N-methyl/N-ethyl adjacent to an activating group) is 4. The number of aryl methyl sites for hydroxylation is 4. The maximum absolute atomic E-state index is 13.3. The molecule has 9 atom stereocenters. The van der Waals surface area contributed by atoms with Crippen LogP contribution >= 0.6 is 11.5 Å². The van der Waals surface area contributed by atoms with Crippen molar-refractivity contribution >= 4 is 140 Å². The van der Waals surface area contributed by atoms with Crippen LogP contribution < -0.4 is 46.0 Å². The number of nitrogens with two attached hydrogens (primary N) is 2. The first kappa shape index (κ1) is 100. The number of β-amino-alcohol motifs (C(OH)–C–C–N with tert-alkyl or cyclic N) is 1. The second-order valence-corrected chi connectivity index (χ2v) is 34.6. The molecule has 0 saturated carbocycles. The highest BCUT2D eigenvalue weighted by molar-refractivity contribution is 7.09. The standard InChI is InChI=1S/C22H28BN3O7.C22H30BN3O7.C21H25BN6O6S.C20H27BN4O6/c1-3-24-7-8-25(21(30)20(24)29)22(31)26-12-16(27)11-17(26)18(28)10-15-9-14-6-4-5-13(2)19(14)33-23(15)32;1-4-25-9-10-26(20(30)19(25)29)21(31)24-22(3,8-11-27)17(28)13-16-12-15-7-5-6-14(2)18(15)33-23(16)32;1-3-27-7-8-28(19(31)18(27)30)21(32)24-15(17-25-20(23)35-26-17)14(29)10-13-9-12-6-4-5-11(2)16(12)34-22(13)33;1-3-24-7-8-25(19(28)18(24)27)20(29)23-15(11-22)16(26)10-14-9-13-6-4-5-12(2)17(13)31-21(14)30/h4-6,15-17,27,32H,3,7-12H2,1-2H3;5-7,16,27,32H,4,8-13H2,1-3H3,(H,24,31);4-6,13,15,33H,3,7-10H2,1-2H3,(H,24,32)(H2,23,25,26);4-6,14-15,30H,3,7-11,22H2,1-2H3,(H,23,29)/t15-,16+,17-;16-,22?;13-,15?;14-,15-/m1111/s1. The number of imide groups is 4. The summed E-state index contributed by atoms with van der Waals surface area (Å²) in [7, 11) is -4.75. The van der Waals surface area contributed by atoms with Gasteiger partial charge in [0.05, 0.1) is 17.7 Å². The monoisotopic (exact) mass is 1850 g/mol. The van der Waals surface area contributed by atoms with Crippen LogP contribution in [0.25, 0.3) is 0 Å². The highest BCUT2D eigenvalue weighted by atomic mass is 32.1. The molecule has 5 aromatic rings. The van der Waals surface area contributed by atoms with Crippen LogP contribution in [-0.2, 0) is 83.2 Å². The van der Waals surface area contributed by atoms with Gasteiger partial charge < -0.3 is 101 Å². The third-order valence-electron chi connectivity index (χ3n) is 25.0. The lowest BCUT2D eigenvalue weighted by molar-refractivity contribution is -0.154. The van der Waals surface area contributed by atoms with E-state index in [4.69, 9.17) is 30.1 Å². The van der Waals surface area contributed by atoms with Crippen molar-refractivity contribution in [2.45, 2.75) is 180 Å². The normalized spacial score (nSPS) is 20.9. The van der Waals surface area contributed by atoms with E-state index in [-0.39, 0.29) is 133 Å². The molecule has 1 aromatic heterocycles. The maximum Gasteiger partial charge on any atom is 0.526 e. The number of ketones is 4. The number of nitrogens with zero attached hydrogens (tertiary/aromatic N) is 11. The first-order valence-electron chi connectivity index (χ1n) is 43.9. The quantitative estimate of drug-likeness (QED) is 0.0304. The minimum atomic E-state index is -1.50. The highest BCUT2D eigenvalue weighted by Gasteiger charge is 2.50. The van der Waals surface area contributed by atoms with E-state index in [1.807, 2.05) is 100 Å². The summed E-state index contributed by atoms with van der Waals surface area (Å²) in [6.07, 6.45) is 0.356. The van der Waals surface area contributed by atoms with Crippen LogP contribution in [0.2, 0.25) is 23.3 Å². The van der Waals surface area contributed by atoms with Crippen molar-refractivity contribution in [3.05, 3.63) is 123 Å². The summed E-state index contributed by atoms with van der Waals surface area (Å²) < 4.78 is 26.6. The van der Waals surface area contributed by atoms with Crippen molar-refractivity contribution in [3.63, 3.8) is 0 Å². The van der Waals surface area contributed by atoms with Crippen molar-refractivity contribution in [2.75, 3.05) is 104 Å². The molecule has 704 valence electrons. The lowest BCUT2D eigenvalue weighted by Crippen LogP contribution is -2.62. The van der Waals surface area contributed by atoms with Crippen LogP contribution in [-0.4, -0.2) is 329 Å². The van der Waals surface area contributed by atoms with Gasteiger partial charge in [-0.1, -0.05) is 72.8 Å². The first-order chi connectivity index (χ1) is 62.8. The summed E-state index contributed by atoms with van der Waals surface area (Å²) in [5, 5.41) is 69.1. The Balaban J connectivity index is 0.000000170. The van der Waals surface area contributed by atoms with Gasteiger partial charge in [-0.2, -0.15) is 4.37 Å². The fraction of sp³-hybridized carbons (Fsp3) is 0.506. The molecule has 2 unspecified atom stereocenters. The Hall–Kier alpha value is -12.3. The fourth-order valence-electron chi connectivity index (χ4n) is 17.2. The lowest BCUT2D eigenvalue weighted by Gasteiger charge is -2.36. The number of rotatable bonds is 23. The largest absolute Gasteiger partial charge is 0.536 e. The minimum Gasteiger partial charge on any atom is -0.536 e. The zero-order valence-electron chi connectivity index (χ0n) is 74.9. The number of aliphatic hydroxyl groups excluding tert-OH is 2. The highest BCUT2D eigenvalue weighted by Crippen LogP contribution is 2.42. The summed E-state index contributed by atoms with van der Waals surface area (Å²) >= 11 is 0.854. The summed E-state index contributed by atoms with van der Waals surface area (Å²) in [5.41, 5.74) is 17.0. The van der Waals surface area contributed by atoms with Gasteiger partial charge in [0.15, 0.2) is 40.1 Å². The first-order valence-corrected chi connectivity index (χ1v) is 44.6. The van der Waals surface area contributed by atoms with Crippen molar-refractivity contribution in [1.29, 1.82) is 0 Å². The number of likely N-dealkylation sites (tertiary alicyclic amines) is 1. The Morgan fingerprint density at radius 1 is 0.500 bits per heavy atom. The molecule has 16 amide bonds. The number of hydrogen-bond acceptors (Lipinski definition) is 31. The number of anilines is 1. The molecule has 14 rings (SSSR count). The van der Waals surface area contributed by atoms with Gasteiger partial charge in [-0.3, -0.25) is 77.1 Å². The number of fused-ring (bicyclic) bond motifs is 4. The van der Waals surface area contributed by atoms with Crippen molar-refractivity contribution in [2.24, 2.45) is 5.73 Å². The van der Waals surface area contributed by atoms with Gasteiger partial charge in [-0.05, 0) is 133 Å². The van der Waals surface area contributed by atoms with Gasteiger partial charge in [0.2, 0.25) is 0 Å². The third kappa shape index (κ3) is 22.7. The van der Waals surface area contributed by atoms with Gasteiger partial charge in [0.1, 0.15) is 29.0 Å². The SMILES string of the molecule is CCN1CCN(C(=O)N2C[C@@H](O)C[C@@H]2C(=O)C[C@H]2Cc3cccc(C)c3OB2O)C(=O)C1=O.CCN1CCN(C(=O)NC(C(=O)C[C@H]2Cc3cccc(C)c3OB2O)c2nsc(N)n2)C(=O)C1=O.CCN1CCN(C(=O)NC(C)(CCO)C(=O)C[C@H]2Cc3cccc(C)c3OB2O)C(=O)C1=O.CCN1CCN(C(=O)N[C@H](CN)C(=O)C[C@H]2Cc3cccc(C)c3OB2O)C(=O)C1=O. The molecule has 0 aliphatic carbocycles. The number of urea groups is 4. The van der Waals surface area contributed by atoms with Crippen LogP contribution in [0.15, 0.2) is 72.8 Å². The lowest BCUT2D eigenvalue weighted by atomic mass is 9.63. The van der Waals surface area contributed by atoms with Crippen LogP contribution in [0.4, 0.5) is 24.3 Å². The Morgan fingerprint density at radius 3 is 1.23 bits per heavy atom. The molecule has 5 fully saturated rings. The number of benzene rings is 4. The summed E-state index contributed by atoms with van der Waals surface area (Å²) in [6, 6.07) is 15.9. The molecule has 9 aliphatic heterocycles. The molecule has 9 aliphatic rings. The molecule has 47 heteroatoms. The topological polar surface area (TPSA) is 574 Å². The van der Waals surface area contributed by atoms with E-state index in [1.165, 1.54) is 31.4 Å². The van der Waals surface area contributed by atoms with Gasteiger partial charge >= 0.3 is 99.9 Å². The van der Waals surface area contributed by atoms with E-state index in [1.54, 1.807) is 27.7 Å². The number of aliphatic hydroxyl groups is 2. The van der Waals surface area contributed by atoms with E-state index < -0.39 is 164 Å².